The van der Waals surface area contributed by atoms with Crippen LogP contribution >= 0.6 is 0 Å². The highest BCUT2D eigenvalue weighted by Crippen LogP contribution is 2.38. The van der Waals surface area contributed by atoms with E-state index in [0.717, 1.165) is 42.8 Å². The summed E-state index contributed by atoms with van der Waals surface area (Å²) in [5, 5.41) is 3.65. The predicted molar refractivity (Wildman–Crippen MR) is 131 cm³/mol. The molecule has 3 atom stereocenters. The number of carbonyl (C=O) groups excluding carboxylic acids is 1. The van der Waals surface area contributed by atoms with Gasteiger partial charge in [-0.15, -0.1) is 0 Å². The molecule has 0 spiro atoms. The summed E-state index contributed by atoms with van der Waals surface area (Å²) in [4.78, 5) is 24.1. The number of pyridine rings is 1. The van der Waals surface area contributed by atoms with Gasteiger partial charge in [0.25, 0.3) is 0 Å². The maximum Gasteiger partial charge on any atom is 0.337 e. The number of ether oxygens (including phenoxy) is 1. The van der Waals surface area contributed by atoms with Crippen molar-refractivity contribution in [3.63, 3.8) is 0 Å². The van der Waals surface area contributed by atoms with Crippen LogP contribution in [0, 0.1) is 23.7 Å². The summed E-state index contributed by atoms with van der Waals surface area (Å²) in [6.45, 7) is 8.78. The van der Waals surface area contributed by atoms with Crippen LogP contribution in [0.15, 0.2) is 54.4 Å². The molecule has 3 aromatic rings. The van der Waals surface area contributed by atoms with Gasteiger partial charge in [-0.3, -0.25) is 4.98 Å². The fraction of sp³-hybridized carbons (Fsp3) is 0.444. The van der Waals surface area contributed by atoms with Gasteiger partial charge in [-0.1, -0.05) is 25.5 Å². The van der Waals surface area contributed by atoms with Crippen molar-refractivity contribution >= 4 is 17.0 Å². The number of aromatic nitrogens is 3. The number of fused-ring (bicyclic) bond motifs is 1. The van der Waals surface area contributed by atoms with Gasteiger partial charge in [0.1, 0.15) is 5.82 Å². The molecule has 4 rings (SSSR count). The van der Waals surface area contributed by atoms with Crippen molar-refractivity contribution in [2.75, 3.05) is 13.7 Å². The number of benzene rings is 1. The fourth-order valence-corrected chi connectivity index (χ4v) is 5.03. The van der Waals surface area contributed by atoms with Crippen LogP contribution in [0.25, 0.3) is 11.0 Å². The van der Waals surface area contributed by atoms with E-state index in [1.807, 2.05) is 24.5 Å². The van der Waals surface area contributed by atoms with Crippen LogP contribution in [0.3, 0.4) is 0 Å². The minimum Gasteiger partial charge on any atom is -0.465 e. The van der Waals surface area contributed by atoms with E-state index < -0.39 is 0 Å². The molecule has 2 N–H and O–H groups in total. The standard InChI is InChI=1S/C27H34N4O2/c1-17(2)23-12-21(18(3)11-22(23)16-29-15-19-7-9-28-10-8-19)14-26-30-24-6-5-20(27(32)33-4)13-25(24)31-26/h5-11,13,17,21-23,29H,12,14-16H2,1-4H3,(H,30,31)/t21-,22-,23-/m0/s1. The first-order valence-electron chi connectivity index (χ1n) is 11.8. The Morgan fingerprint density at radius 3 is 2.76 bits per heavy atom. The number of aromatic amines is 1. The van der Waals surface area contributed by atoms with Gasteiger partial charge in [-0.25, -0.2) is 9.78 Å². The van der Waals surface area contributed by atoms with E-state index in [9.17, 15) is 4.79 Å². The lowest BCUT2D eigenvalue weighted by Gasteiger charge is -2.37. The Labute approximate surface area is 195 Å². The van der Waals surface area contributed by atoms with Gasteiger partial charge in [-0.2, -0.15) is 0 Å². The van der Waals surface area contributed by atoms with Crippen molar-refractivity contribution in [3.05, 3.63) is 71.3 Å². The number of hydrogen-bond acceptors (Lipinski definition) is 5. The molecule has 0 saturated carbocycles. The molecule has 0 aliphatic heterocycles. The van der Waals surface area contributed by atoms with Gasteiger partial charge in [-0.05, 0) is 72.9 Å². The van der Waals surface area contributed by atoms with E-state index in [1.54, 1.807) is 6.07 Å². The van der Waals surface area contributed by atoms with Gasteiger partial charge in [0.05, 0.1) is 23.7 Å². The summed E-state index contributed by atoms with van der Waals surface area (Å²) in [6.07, 6.45) is 8.21. The maximum absolute atomic E-state index is 11.8. The fourth-order valence-electron chi connectivity index (χ4n) is 5.03. The minimum atomic E-state index is -0.331. The molecular weight excluding hydrogens is 412 g/mol. The summed E-state index contributed by atoms with van der Waals surface area (Å²) in [5.41, 5.74) is 5.01. The summed E-state index contributed by atoms with van der Waals surface area (Å²) < 4.78 is 4.84. The highest BCUT2D eigenvalue weighted by Gasteiger charge is 2.31. The zero-order valence-electron chi connectivity index (χ0n) is 20.0. The lowest BCUT2D eigenvalue weighted by atomic mass is 9.70. The van der Waals surface area contributed by atoms with Crippen LogP contribution < -0.4 is 5.32 Å². The number of esters is 1. The second-order valence-electron chi connectivity index (χ2n) is 9.51. The third kappa shape index (κ3) is 5.50. The van der Waals surface area contributed by atoms with E-state index in [4.69, 9.17) is 9.72 Å². The monoisotopic (exact) mass is 446 g/mol. The van der Waals surface area contributed by atoms with Crippen molar-refractivity contribution in [1.82, 2.24) is 20.3 Å². The van der Waals surface area contributed by atoms with Crippen molar-refractivity contribution in [2.45, 2.75) is 40.2 Å². The van der Waals surface area contributed by atoms with E-state index in [1.165, 1.54) is 18.2 Å². The molecule has 0 saturated heterocycles. The Morgan fingerprint density at radius 2 is 2.03 bits per heavy atom. The predicted octanol–water partition coefficient (Wildman–Crippen LogP) is 4.93. The average Bonchev–Trinajstić information content (AvgIpc) is 3.22. The highest BCUT2D eigenvalue weighted by molar-refractivity contribution is 5.93. The van der Waals surface area contributed by atoms with Crippen LogP contribution in [0.4, 0.5) is 0 Å². The topological polar surface area (TPSA) is 79.9 Å². The minimum absolute atomic E-state index is 0.331. The zero-order valence-corrected chi connectivity index (χ0v) is 20.0. The third-order valence-corrected chi connectivity index (χ3v) is 6.93. The molecule has 1 aliphatic carbocycles. The molecular formula is C27H34N4O2. The Bertz CT molecular complexity index is 1120. The molecule has 1 aliphatic rings. The van der Waals surface area contributed by atoms with Crippen molar-refractivity contribution in [3.8, 4) is 0 Å². The average molecular weight is 447 g/mol. The lowest BCUT2D eigenvalue weighted by Crippen LogP contribution is -2.34. The third-order valence-electron chi connectivity index (χ3n) is 6.93. The molecule has 0 bridgehead atoms. The maximum atomic E-state index is 11.8. The Hall–Kier alpha value is -2.99. The van der Waals surface area contributed by atoms with Gasteiger partial charge in [0.15, 0.2) is 0 Å². The number of methoxy groups -OCH3 is 1. The number of allylic oxidation sites excluding steroid dienone is 1. The molecule has 2 heterocycles. The number of rotatable bonds is 8. The van der Waals surface area contributed by atoms with Gasteiger partial charge >= 0.3 is 5.97 Å². The summed E-state index contributed by atoms with van der Waals surface area (Å²) >= 11 is 0. The van der Waals surface area contributed by atoms with Crippen LogP contribution in [-0.4, -0.2) is 34.6 Å². The molecule has 0 radical (unpaired) electrons. The lowest BCUT2D eigenvalue weighted by molar-refractivity contribution is 0.0601. The zero-order chi connectivity index (χ0) is 23.4. The van der Waals surface area contributed by atoms with Crippen molar-refractivity contribution < 1.29 is 9.53 Å². The molecule has 0 unspecified atom stereocenters. The SMILES string of the molecule is COC(=O)c1ccc2nc(C[C@@H]3C[C@@H](C(C)C)[C@H](CNCc4ccncc4)C=C3C)[nH]c2c1. The molecule has 0 amide bonds. The smallest absolute Gasteiger partial charge is 0.337 e. The molecule has 0 fully saturated rings. The van der Waals surface area contributed by atoms with Crippen LogP contribution in [0.2, 0.25) is 0 Å². The van der Waals surface area contributed by atoms with E-state index in [0.29, 0.717) is 29.2 Å². The Morgan fingerprint density at radius 1 is 1.24 bits per heavy atom. The largest absolute Gasteiger partial charge is 0.465 e. The normalized spacial score (nSPS) is 20.8. The molecule has 6 heteroatoms. The van der Waals surface area contributed by atoms with E-state index >= 15 is 0 Å². The van der Waals surface area contributed by atoms with Crippen molar-refractivity contribution in [1.29, 1.82) is 0 Å². The van der Waals surface area contributed by atoms with Crippen LogP contribution in [0.1, 0.15) is 48.9 Å². The number of carbonyl (C=O) groups is 1. The van der Waals surface area contributed by atoms with Crippen molar-refractivity contribution in [2.24, 2.45) is 23.7 Å². The molecule has 2 aromatic heterocycles. The van der Waals surface area contributed by atoms with Gasteiger partial charge < -0.3 is 15.0 Å². The molecule has 6 nitrogen and oxygen atoms in total. The van der Waals surface area contributed by atoms with E-state index in [-0.39, 0.29) is 5.97 Å². The van der Waals surface area contributed by atoms with Crippen LogP contribution in [-0.2, 0) is 17.7 Å². The first kappa shape index (κ1) is 23.2. The number of nitrogens with zero attached hydrogens (tertiary/aromatic N) is 2. The number of hydrogen-bond donors (Lipinski definition) is 2. The Balaban J connectivity index is 1.45. The second-order valence-corrected chi connectivity index (χ2v) is 9.51. The van der Waals surface area contributed by atoms with Gasteiger partial charge in [0, 0.05) is 31.9 Å². The number of imidazole rings is 1. The molecule has 1 aromatic carbocycles. The first-order chi connectivity index (χ1) is 15.9. The summed E-state index contributed by atoms with van der Waals surface area (Å²) in [5.74, 6) is 2.88. The summed E-state index contributed by atoms with van der Waals surface area (Å²) in [6, 6.07) is 9.59. The second kappa shape index (κ2) is 10.3. The van der Waals surface area contributed by atoms with E-state index in [2.05, 4.69) is 54.3 Å². The quantitative estimate of drug-likeness (QED) is 0.379. The summed E-state index contributed by atoms with van der Waals surface area (Å²) in [7, 11) is 1.40. The number of H-pyrrole nitrogens is 1. The highest BCUT2D eigenvalue weighted by atomic mass is 16.5. The van der Waals surface area contributed by atoms with Gasteiger partial charge in [0.2, 0.25) is 0 Å². The molecule has 174 valence electrons. The number of nitrogens with one attached hydrogen (secondary N) is 2. The Kier molecular flexibility index (Phi) is 7.23. The molecule has 33 heavy (non-hydrogen) atoms. The van der Waals surface area contributed by atoms with Crippen LogP contribution in [0.5, 0.6) is 0 Å². The first-order valence-corrected chi connectivity index (χ1v) is 11.8.